The van der Waals surface area contributed by atoms with Crippen molar-refractivity contribution >= 4 is 52.9 Å². The normalized spacial score (nSPS) is 14.6. The maximum atomic E-state index is 12.5. The molecule has 1 saturated carbocycles. The topological polar surface area (TPSA) is 78.4 Å². The van der Waals surface area contributed by atoms with Gasteiger partial charge in [0.25, 0.3) is 0 Å². The molecule has 31 heavy (non-hydrogen) atoms. The summed E-state index contributed by atoms with van der Waals surface area (Å²) in [6.07, 6.45) is 8.39. The van der Waals surface area contributed by atoms with Crippen molar-refractivity contribution in [2.45, 2.75) is 58.9 Å². The SMILES string of the molecule is CCNC(=NCc1cccc(NC(=O)C2CCCCC2)c1)NCCc1ncc(C)s1.I. The van der Waals surface area contributed by atoms with Crippen molar-refractivity contribution in [2.75, 3.05) is 18.4 Å². The Bertz CT molecular complexity index is 848. The Balaban J connectivity index is 0.00000341. The third-order valence-corrected chi connectivity index (χ3v) is 6.21. The van der Waals surface area contributed by atoms with Crippen molar-refractivity contribution in [3.05, 3.63) is 45.9 Å². The van der Waals surface area contributed by atoms with Crippen LogP contribution in [-0.4, -0.2) is 29.9 Å². The number of benzene rings is 1. The Morgan fingerprint density at radius 3 is 2.74 bits per heavy atom. The lowest BCUT2D eigenvalue weighted by molar-refractivity contribution is -0.120. The molecule has 1 fully saturated rings. The van der Waals surface area contributed by atoms with Crippen LogP contribution in [0.2, 0.25) is 0 Å². The van der Waals surface area contributed by atoms with Gasteiger partial charge in [-0.1, -0.05) is 31.4 Å². The summed E-state index contributed by atoms with van der Waals surface area (Å²) >= 11 is 1.73. The van der Waals surface area contributed by atoms with Crippen LogP contribution in [0.3, 0.4) is 0 Å². The van der Waals surface area contributed by atoms with E-state index in [9.17, 15) is 4.79 Å². The number of thiazole rings is 1. The number of nitrogens with one attached hydrogen (secondary N) is 3. The van der Waals surface area contributed by atoms with Crippen LogP contribution in [0.25, 0.3) is 0 Å². The fourth-order valence-corrected chi connectivity index (χ4v) is 4.46. The number of rotatable bonds is 8. The minimum absolute atomic E-state index is 0. The second-order valence-electron chi connectivity index (χ2n) is 7.76. The zero-order chi connectivity index (χ0) is 21.2. The number of anilines is 1. The number of aliphatic imine (C=N–C) groups is 1. The van der Waals surface area contributed by atoms with Gasteiger partial charge in [0, 0.05) is 42.2 Å². The van der Waals surface area contributed by atoms with Crippen LogP contribution in [0.4, 0.5) is 5.69 Å². The fraction of sp³-hybridized carbons (Fsp3) is 0.522. The molecule has 170 valence electrons. The van der Waals surface area contributed by atoms with E-state index >= 15 is 0 Å². The molecule has 6 nitrogen and oxygen atoms in total. The lowest BCUT2D eigenvalue weighted by Crippen LogP contribution is -2.38. The lowest BCUT2D eigenvalue weighted by Gasteiger charge is -2.20. The molecule has 1 heterocycles. The molecule has 8 heteroatoms. The molecule has 1 aliphatic rings. The first-order valence-electron chi connectivity index (χ1n) is 11.0. The number of carbonyl (C=O) groups is 1. The summed E-state index contributed by atoms with van der Waals surface area (Å²) in [5.41, 5.74) is 1.93. The van der Waals surface area contributed by atoms with Crippen LogP contribution in [0.5, 0.6) is 0 Å². The van der Waals surface area contributed by atoms with Crippen molar-refractivity contribution in [1.82, 2.24) is 15.6 Å². The highest BCUT2D eigenvalue weighted by Crippen LogP contribution is 2.25. The van der Waals surface area contributed by atoms with Crippen molar-refractivity contribution < 1.29 is 4.79 Å². The quantitative estimate of drug-likeness (QED) is 0.246. The molecule has 1 aliphatic carbocycles. The van der Waals surface area contributed by atoms with Gasteiger partial charge < -0.3 is 16.0 Å². The molecular weight excluding hydrogens is 521 g/mol. The molecule has 0 radical (unpaired) electrons. The van der Waals surface area contributed by atoms with Gasteiger partial charge in [0.1, 0.15) is 0 Å². The van der Waals surface area contributed by atoms with Gasteiger partial charge in [-0.2, -0.15) is 0 Å². The van der Waals surface area contributed by atoms with Gasteiger partial charge in [-0.3, -0.25) is 4.79 Å². The number of hydrogen-bond acceptors (Lipinski definition) is 4. The van der Waals surface area contributed by atoms with E-state index in [1.54, 1.807) is 11.3 Å². The van der Waals surface area contributed by atoms with Crippen molar-refractivity contribution in [3.63, 3.8) is 0 Å². The molecule has 0 spiro atoms. The first-order chi connectivity index (χ1) is 14.6. The van der Waals surface area contributed by atoms with Crippen molar-refractivity contribution in [3.8, 4) is 0 Å². The first-order valence-corrected chi connectivity index (χ1v) is 11.8. The smallest absolute Gasteiger partial charge is 0.227 e. The van der Waals surface area contributed by atoms with Gasteiger partial charge in [-0.25, -0.2) is 9.98 Å². The van der Waals surface area contributed by atoms with Crippen LogP contribution in [-0.2, 0) is 17.8 Å². The average Bonchev–Trinajstić information content (AvgIpc) is 3.18. The lowest BCUT2D eigenvalue weighted by atomic mass is 9.88. The molecular formula is C23H34IN5OS. The van der Waals surface area contributed by atoms with Gasteiger partial charge in [0.05, 0.1) is 11.6 Å². The highest BCUT2D eigenvalue weighted by atomic mass is 127. The van der Waals surface area contributed by atoms with E-state index in [1.165, 1.54) is 11.3 Å². The highest BCUT2D eigenvalue weighted by Gasteiger charge is 2.21. The molecule has 0 aliphatic heterocycles. The van der Waals surface area contributed by atoms with E-state index in [-0.39, 0.29) is 35.8 Å². The molecule has 0 saturated heterocycles. The summed E-state index contributed by atoms with van der Waals surface area (Å²) in [6, 6.07) is 7.99. The molecule has 1 aromatic carbocycles. The van der Waals surface area contributed by atoms with E-state index in [1.807, 2.05) is 30.5 Å². The third-order valence-electron chi connectivity index (χ3n) is 5.23. The van der Waals surface area contributed by atoms with E-state index < -0.39 is 0 Å². The molecule has 1 amide bonds. The molecule has 3 rings (SSSR count). The van der Waals surface area contributed by atoms with Crippen molar-refractivity contribution in [2.24, 2.45) is 10.9 Å². The predicted molar refractivity (Wildman–Crippen MR) is 140 cm³/mol. The van der Waals surface area contributed by atoms with E-state index in [0.29, 0.717) is 6.54 Å². The van der Waals surface area contributed by atoms with Crippen molar-refractivity contribution in [1.29, 1.82) is 0 Å². The highest BCUT2D eigenvalue weighted by molar-refractivity contribution is 14.0. The Hall–Kier alpha value is -1.68. The maximum absolute atomic E-state index is 12.5. The standard InChI is InChI=1S/C23H33N5OS.HI/c1-3-24-23(25-13-12-21-26-15-17(2)30-21)27-16-18-8-7-11-20(14-18)28-22(29)19-9-5-4-6-10-19;/h7-8,11,14-15,19H,3-6,9-10,12-13,16H2,1-2H3,(H,28,29)(H2,24,25,27);1H. The minimum Gasteiger partial charge on any atom is -0.357 e. The van der Waals surface area contributed by atoms with E-state index in [2.05, 4.69) is 34.8 Å². The molecule has 0 atom stereocenters. The number of amides is 1. The number of carbonyl (C=O) groups excluding carboxylic acids is 1. The van der Waals surface area contributed by atoms with Gasteiger partial charge in [0.15, 0.2) is 5.96 Å². The number of halogens is 1. The molecule has 3 N–H and O–H groups in total. The fourth-order valence-electron chi connectivity index (χ4n) is 3.67. The van der Waals surface area contributed by atoms with Crippen LogP contribution >= 0.6 is 35.3 Å². The summed E-state index contributed by atoms with van der Waals surface area (Å²) in [4.78, 5) is 22.8. The van der Waals surface area contributed by atoms with Crippen LogP contribution in [0.15, 0.2) is 35.5 Å². The first kappa shape index (κ1) is 25.6. The number of hydrogen-bond donors (Lipinski definition) is 3. The maximum Gasteiger partial charge on any atom is 0.227 e. The molecule has 0 bridgehead atoms. The van der Waals surface area contributed by atoms with Crippen LogP contribution < -0.4 is 16.0 Å². The Morgan fingerprint density at radius 1 is 1.23 bits per heavy atom. The predicted octanol–water partition coefficient (Wildman–Crippen LogP) is 4.89. The zero-order valence-electron chi connectivity index (χ0n) is 18.4. The summed E-state index contributed by atoms with van der Waals surface area (Å²) in [5, 5.41) is 10.9. The summed E-state index contributed by atoms with van der Waals surface area (Å²) in [7, 11) is 0. The largest absolute Gasteiger partial charge is 0.357 e. The monoisotopic (exact) mass is 555 g/mol. The van der Waals surface area contributed by atoms with Crippen LogP contribution in [0, 0.1) is 12.8 Å². The Morgan fingerprint density at radius 2 is 2.03 bits per heavy atom. The number of aromatic nitrogens is 1. The van der Waals surface area contributed by atoms with Gasteiger partial charge in [-0.05, 0) is 44.4 Å². The zero-order valence-corrected chi connectivity index (χ0v) is 21.6. The second kappa shape index (κ2) is 13.7. The minimum atomic E-state index is 0. The van der Waals surface area contributed by atoms with E-state index in [0.717, 1.165) is 67.4 Å². The summed E-state index contributed by atoms with van der Waals surface area (Å²) < 4.78 is 0. The Kier molecular flexibility index (Phi) is 11.3. The Labute approximate surface area is 206 Å². The molecule has 0 unspecified atom stereocenters. The van der Waals surface area contributed by atoms with Gasteiger partial charge in [0.2, 0.25) is 5.91 Å². The third kappa shape index (κ3) is 8.76. The summed E-state index contributed by atoms with van der Waals surface area (Å²) in [5.74, 6) is 1.11. The number of aryl methyl sites for hydroxylation is 1. The average molecular weight is 556 g/mol. The van der Waals surface area contributed by atoms with Gasteiger partial charge >= 0.3 is 0 Å². The second-order valence-corrected chi connectivity index (χ2v) is 9.08. The molecule has 1 aromatic heterocycles. The van der Waals surface area contributed by atoms with Crippen LogP contribution in [0.1, 0.15) is 54.5 Å². The molecule has 2 aromatic rings. The van der Waals surface area contributed by atoms with Gasteiger partial charge in [-0.15, -0.1) is 35.3 Å². The number of nitrogens with zero attached hydrogens (tertiary/aromatic N) is 2. The number of guanidine groups is 1. The van der Waals surface area contributed by atoms with E-state index in [4.69, 9.17) is 4.99 Å². The summed E-state index contributed by atoms with van der Waals surface area (Å²) in [6.45, 7) is 6.28.